The van der Waals surface area contributed by atoms with Crippen molar-refractivity contribution in [1.29, 1.82) is 0 Å². The summed E-state index contributed by atoms with van der Waals surface area (Å²) in [6.07, 6.45) is 5.03. The minimum atomic E-state index is 0.204. The molecule has 1 aromatic rings. The number of nitrogens with zero attached hydrogens (tertiary/aromatic N) is 1. The lowest BCUT2D eigenvalue weighted by Crippen LogP contribution is -2.18. The number of aryl methyl sites for hydroxylation is 1. The fraction of sp³-hybridized carbons (Fsp3) is 0.714. The van der Waals surface area contributed by atoms with Crippen LogP contribution in [0.2, 0.25) is 0 Å². The van der Waals surface area contributed by atoms with Crippen LogP contribution in [0, 0.1) is 29.6 Å². The van der Waals surface area contributed by atoms with E-state index in [1.807, 2.05) is 6.07 Å². The Hall–Kier alpha value is -1.32. The SMILES string of the molecule is CCc1cc(NC(=O)C2C3C4CCC(C4)C23)n[nH]1. The molecule has 0 radical (unpaired) electrons. The van der Waals surface area contributed by atoms with Crippen LogP contribution in [0.25, 0.3) is 0 Å². The lowest BCUT2D eigenvalue weighted by atomic mass is 10.0. The van der Waals surface area contributed by atoms with Crippen LogP contribution >= 0.6 is 0 Å². The van der Waals surface area contributed by atoms with Crippen LogP contribution in [0.15, 0.2) is 6.07 Å². The molecule has 4 nitrogen and oxygen atoms in total. The van der Waals surface area contributed by atoms with Crippen LogP contribution in [-0.4, -0.2) is 16.1 Å². The van der Waals surface area contributed by atoms with Crippen LogP contribution in [0.1, 0.15) is 31.9 Å². The van der Waals surface area contributed by atoms with E-state index in [4.69, 9.17) is 0 Å². The van der Waals surface area contributed by atoms with E-state index < -0.39 is 0 Å². The van der Waals surface area contributed by atoms with Gasteiger partial charge in [-0.05, 0) is 49.4 Å². The molecule has 3 saturated carbocycles. The third kappa shape index (κ3) is 1.38. The maximum atomic E-state index is 12.2. The van der Waals surface area contributed by atoms with Gasteiger partial charge in [-0.1, -0.05) is 6.92 Å². The highest BCUT2D eigenvalue weighted by Crippen LogP contribution is 2.69. The van der Waals surface area contributed by atoms with Crippen molar-refractivity contribution >= 4 is 11.7 Å². The van der Waals surface area contributed by atoms with E-state index in [1.165, 1.54) is 19.3 Å². The molecule has 0 saturated heterocycles. The Kier molecular flexibility index (Phi) is 2.11. The fourth-order valence-electron chi connectivity index (χ4n) is 4.49. The second-order valence-corrected chi connectivity index (χ2v) is 6.13. The summed E-state index contributed by atoms with van der Waals surface area (Å²) in [6.45, 7) is 2.07. The van der Waals surface area contributed by atoms with Crippen molar-refractivity contribution in [2.75, 3.05) is 5.32 Å². The minimum Gasteiger partial charge on any atom is -0.309 e. The van der Waals surface area contributed by atoms with Crippen molar-refractivity contribution in [3.05, 3.63) is 11.8 Å². The van der Waals surface area contributed by atoms with E-state index in [-0.39, 0.29) is 11.8 Å². The molecule has 4 unspecified atom stereocenters. The summed E-state index contributed by atoms with van der Waals surface area (Å²) in [6, 6.07) is 1.94. The number of carbonyl (C=O) groups excluding carboxylic acids is 1. The summed E-state index contributed by atoms with van der Waals surface area (Å²) < 4.78 is 0. The van der Waals surface area contributed by atoms with Gasteiger partial charge in [0.2, 0.25) is 5.91 Å². The van der Waals surface area contributed by atoms with E-state index in [9.17, 15) is 4.79 Å². The van der Waals surface area contributed by atoms with Gasteiger partial charge in [0, 0.05) is 17.7 Å². The van der Waals surface area contributed by atoms with E-state index in [0.717, 1.165) is 24.0 Å². The number of amides is 1. The summed E-state index contributed by atoms with van der Waals surface area (Å²) in [5.74, 6) is 4.28. The van der Waals surface area contributed by atoms with E-state index in [2.05, 4.69) is 22.4 Å². The van der Waals surface area contributed by atoms with Crippen LogP contribution in [0.3, 0.4) is 0 Å². The largest absolute Gasteiger partial charge is 0.309 e. The maximum Gasteiger partial charge on any atom is 0.229 e. The Balaban J connectivity index is 1.43. The molecule has 4 atom stereocenters. The second kappa shape index (κ2) is 3.59. The normalized spacial score (nSPS) is 39.7. The molecular weight excluding hydrogens is 226 g/mol. The lowest BCUT2D eigenvalue weighted by molar-refractivity contribution is -0.118. The maximum absolute atomic E-state index is 12.2. The van der Waals surface area contributed by atoms with Gasteiger partial charge in [-0.3, -0.25) is 9.89 Å². The summed E-state index contributed by atoms with van der Waals surface area (Å²) in [5, 5.41) is 10.0. The molecule has 1 amide bonds. The van der Waals surface area contributed by atoms with Crippen molar-refractivity contribution in [3.8, 4) is 0 Å². The quantitative estimate of drug-likeness (QED) is 0.857. The van der Waals surface area contributed by atoms with Gasteiger partial charge in [0.15, 0.2) is 5.82 Å². The molecule has 96 valence electrons. The van der Waals surface area contributed by atoms with Gasteiger partial charge < -0.3 is 5.32 Å². The lowest BCUT2D eigenvalue weighted by Gasteiger charge is -2.07. The number of H-pyrrole nitrogens is 1. The second-order valence-electron chi connectivity index (χ2n) is 6.13. The predicted octanol–water partition coefficient (Wildman–Crippen LogP) is 2.20. The molecule has 0 aromatic carbocycles. The highest BCUT2D eigenvalue weighted by atomic mass is 16.2. The van der Waals surface area contributed by atoms with Crippen molar-refractivity contribution < 1.29 is 4.79 Å². The molecule has 2 N–H and O–H groups in total. The number of aromatic amines is 1. The molecule has 1 heterocycles. The average molecular weight is 245 g/mol. The third-order valence-electron chi connectivity index (χ3n) is 5.30. The smallest absolute Gasteiger partial charge is 0.229 e. The summed E-state index contributed by atoms with van der Waals surface area (Å²) in [7, 11) is 0. The molecule has 1 aromatic heterocycles. The predicted molar refractivity (Wildman–Crippen MR) is 67.9 cm³/mol. The molecule has 3 aliphatic rings. The van der Waals surface area contributed by atoms with E-state index >= 15 is 0 Å². The zero-order chi connectivity index (χ0) is 12.3. The Morgan fingerprint density at radius 2 is 2.17 bits per heavy atom. The molecule has 0 aliphatic heterocycles. The number of rotatable bonds is 3. The first kappa shape index (κ1) is 10.6. The Bertz CT molecular complexity index is 479. The monoisotopic (exact) mass is 245 g/mol. The topological polar surface area (TPSA) is 57.8 Å². The van der Waals surface area contributed by atoms with Crippen LogP contribution in [-0.2, 0) is 11.2 Å². The van der Waals surface area contributed by atoms with Gasteiger partial charge in [0.25, 0.3) is 0 Å². The molecule has 2 bridgehead atoms. The number of aromatic nitrogens is 2. The average Bonchev–Trinajstić information content (AvgIpc) is 2.73. The summed E-state index contributed by atoms with van der Waals surface area (Å²) >= 11 is 0. The van der Waals surface area contributed by atoms with Gasteiger partial charge >= 0.3 is 0 Å². The summed E-state index contributed by atoms with van der Waals surface area (Å²) in [4.78, 5) is 12.2. The van der Waals surface area contributed by atoms with Crippen LogP contribution < -0.4 is 5.32 Å². The number of fused-ring (bicyclic) bond motifs is 5. The first-order chi connectivity index (χ1) is 8.78. The Labute approximate surface area is 107 Å². The molecule has 4 heteroatoms. The molecular formula is C14H19N3O. The molecule has 18 heavy (non-hydrogen) atoms. The van der Waals surface area contributed by atoms with Crippen molar-refractivity contribution in [2.45, 2.75) is 32.6 Å². The Morgan fingerprint density at radius 1 is 1.44 bits per heavy atom. The van der Waals surface area contributed by atoms with E-state index in [0.29, 0.717) is 17.7 Å². The number of hydrogen-bond acceptors (Lipinski definition) is 2. The standard InChI is InChI=1S/C14H19N3O/c1-2-9-6-10(17-16-9)15-14(18)13-11-7-3-4-8(5-7)12(11)13/h6-8,11-13H,2-5H2,1H3,(H2,15,16,17,18). The minimum absolute atomic E-state index is 0.204. The summed E-state index contributed by atoms with van der Waals surface area (Å²) in [5.41, 5.74) is 1.07. The zero-order valence-corrected chi connectivity index (χ0v) is 10.6. The van der Waals surface area contributed by atoms with Crippen LogP contribution in [0.5, 0.6) is 0 Å². The number of nitrogens with one attached hydrogen (secondary N) is 2. The highest BCUT2D eigenvalue weighted by Gasteiger charge is 2.67. The van der Waals surface area contributed by atoms with Crippen molar-refractivity contribution in [2.24, 2.45) is 29.6 Å². The van der Waals surface area contributed by atoms with Gasteiger partial charge in [-0.15, -0.1) is 0 Å². The Morgan fingerprint density at radius 3 is 2.78 bits per heavy atom. The van der Waals surface area contributed by atoms with Gasteiger partial charge in [0.05, 0.1) is 0 Å². The number of hydrogen-bond donors (Lipinski definition) is 2. The molecule has 3 aliphatic carbocycles. The highest BCUT2D eigenvalue weighted by molar-refractivity contribution is 5.94. The van der Waals surface area contributed by atoms with E-state index in [1.54, 1.807) is 0 Å². The first-order valence-corrected chi connectivity index (χ1v) is 7.13. The van der Waals surface area contributed by atoms with Crippen molar-refractivity contribution in [1.82, 2.24) is 10.2 Å². The van der Waals surface area contributed by atoms with Crippen molar-refractivity contribution in [3.63, 3.8) is 0 Å². The van der Waals surface area contributed by atoms with Gasteiger partial charge in [0.1, 0.15) is 0 Å². The molecule has 0 spiro atoms. The zero-order valence-electron chi connectivity index (χ0n) is 10.6. The third-order valence-corrected chi connectivity index (χ3v) is 5.30. The number of carbonyl (C=O) groups is 1. The molecule has 4 rings (SSSR count). The fourth-order valence-corrected chi connectivity index (χ4v) is 4.49. The van der Waals surface area contributed by atoms with Gasteiger partial charge in [-0.25, -0.2) is 0 Å². The molecule has 3 fully saturated rings. The number of anilines is 1. The first-order valence-electron chi connectivity index (χ1n) is 7.13. The van der Waals surface area contributed by atoms with Gasteiger partial charge in [-0.2, -0.15) is 5.10 Å². The van der Waals surface area contributed by atoms with Crippen LogP contribution in [0.4, 0.5) is 5.82 Å².